The number of carbonyl (C=O) groups excluding carboxylic acids is 2. The Morgan fingerprint density at radius 3 is 1.34 bits per heavy atom. The van der Waals surface area contributed by atoms with E-state index in [1.165, 1.54) is 0 Å². The van der Waals surface area contributed by atoms with Crippen molar-refractivity contribution in [3.8, 4) is 0 Å². The molecule has 3 aliphatic rings. The van der Waals surface area contributed by atoms with E-state index in [1.54, 1.807) is 0 Å². The normalized spacial score (nSPS) is 33.8. The molecule has 2 aromatic carbocycles. The summed E-state index contributed by atoms with van der Waals surface area (Å²) in [5.74, 6) is 0.156. The average molecular weight is 433 g/mol. The van der Waals surface area contributed by atoms with Crippen LogP contribution in [-0.2, 0) is 19.1 Å². The van der Waals surface area contributed by atoms with Crippen LogP contribution < -0.4 is 0 Å². The van der Waals surface area contributed by atoms with Gasteiger partial charge in [-0.15, -0.1) is 0 Å². The van der Waals surface area contributed by atoms with Crippen LogP contribution in [0.5, 0.6) is 0 Å². The quantitative estimate of drug-likeness (QED) is 0.615. The summed E-state index contributed by atoms with van der Waals surface area (Å²) >= 11 is 0. The molecule has 4 nitrogen and oxygen atoms in total. The van der Waals surface area contributed by atoms with Crippen molar-refractivity contribution in [2.45, 2.75) is 75.8 Å². The molecule has 1 aliphatic heterocycles. The SMILES string of the molecule is O=C1CCCCC1[C@H]1O[C@H](c2ccccc2)[C@@H](c2ccccc2)O[C@@H]1C1CCCCC1=O. The lowest BCUT2D eigenvalue weighted by Crippen LogP contribution is -2.53. The first-order chi connectivity index (χ1) is 15.7. The van der Waals surface area contributed by atoms with E-state index in [9.17, 15) is 9.59 Å². The Morgan fingerprint density at radius 1 is 0.562 bits per heavy atom. The summed E-state index contributed by atoms with van der Waals surface area (Å²) in [6.45, 7) is 0. The van der Waals surface area contributed by atoms with E-state index in [1.807, 2.05) is 36.4 Å². The molecule has 2 aromatic rings. The van der Waals surface area contributed by atoms with Crippen LogP contribution in [0.4, 0.5) is 0 Å². The molecule has 3 fully saturated rings. The predicted octanol–water partition coefficient (Wildman–Crippen LogP) is 5.77. The summed E-state index contributed by atoms with van der Waals surface area (Å²) in [5.41, 5.74) is 2.09. The molecule has 1 saturated heterocycles. The molecule has 2 saturated carbocycles. The molecule has 6 atom stereocenters. The van der Waals surface area contributed by atoms with Crippen molar-refractivity contribution in [3.05, 3.63) is 71.8 Å². The first kappa shape index (κ1) is 21.5. The summed E-state index contributed by atoms with van der Waals surface area (Å²) in [4.78, 5) is 26.0. The molecule has 1 heterocycles. The maximum atomic E-state index is 13.0. The van der Waals surface area contributed by atoms with Gasteiger partial charge in [0.1, 0.15) is 23.8 Å². The van der Waals surface area contributed by atoms with Crippen molar-refractivity contribution in [1.29, 1.82) is 0 Å². The van der Waals surface area contributed by atoms with Crippen LogP contribution in [0.15, 0.2) is 60.7 Å². The van der Waals surface area contributed by atoms with Crippen LogP contribution >= 0.6 is 0 Å². The topological polar surface area (TPSA) is 52.6 Å². The molecule has 32 heavy (non-hydrogen) atoms. The molecule has 4 heteroatoms. The van der Waals surface area contributed by atoms with E-state index in [4.69, 9.17) is 9.47 Å². The molecule has 0 radical (unpaired) electrons. The monoisotopic (exact) mass is 432 g/mol. The molecule has 0 spiro atoms. The number of benzene rings is 2. The molecule has 5 rings (SSSR count). The highest BCUT2D eigenvalue weighted by Crippen LogP contribution is 2.47. The van der Waals surface area contributed by atoms with E-state index >= 15 is 0 Å². The second-order valence-electron chi connectivity index (χ2n) is 9.50. The van der Waals surface area contributed by atoms with Gasteiger partial charge in [0.15, 0.2) is 0 Å². The molecule has 0 amide bonds. The fourth-order valence-electron chi connectivity index (χ4n) is 5.79. The lowest BCUT2D eigenvalue weighted by molar-refractivity contribution is -0.252. The molecular formula is C28H32O4. The zero-order chi connectivity index (χ0) is 21.9. The summed E-state index contributed by atoms with van der Waals surface area (Å²) < 4.78 is 13.7. The number of ketones is 2. The highest BCUT2D eigenvalue weighted by molar-refractivity contribution is 5.84. The Balaban J connectivity index is 1.55. The van der Waals surface area contributed by atoms with Crippen molar-refractivity contribution < 1.29 is 19.1 Å². The van der Waals surface area contributed by atoms with Gasteiger partial charge in [-0.05, 0) is 36.8 Å². The maximum absolute atomic E-state index is 13.0. The predicted molar refractivity (Wildman–Crippen MR) is 122 cm³/mol. The van der Waals surface area contributed by atoms with Gasteiger partial charge in [0, 0.05) is 24.7 Å². The van der Waals surface area contributed by atoms with Crippen molar-refractivity contribution in [2.24, 2.45) is 11.8 Å². The first-order valence-corrected chi connectivity index (χ1v) is 12.2. The lowest BCUT2D eigenvalue weighted by atomic mass is 9.74. The standard InChI is InChI=1S/C28H32O4/c29-23-17-9-7-15-21(23)27-28(22-16-8-10-18-24(22)30)32-26(20-13-5-2-6-14-20)25(31-27)19-11-3-1-4-12-19/h1-6,11-14,21-22,25-28H,7-10,15-18H2/t21?,22?,25-,26-,27-,28-/m1/s1. The number of ether oxygens (including phenoxy) is 2. The summed E-state index contributed by atoms with van der Waals surface area (Å²) in [6, 6.07) is 20.3. The molecular weight excluding hydrogens is 400 g/mol. The number of hydrogen-bond acceptors (Lipinski definition) is 4. The highest BCUT2D eigenvalue weighted by Gasteiger charge is 2.50. The van der Waals surface area contributed by atoms with E-state index in [0.717, 1.165) is 49.7 Å². The Morgan fingerprint density at radius 2 is 0.969 bits per heavy atom. The van der Waals surface area contributed by atoms with E-state index in [-0.39, 0.29) is 47.8 Å². The summed E-state index contributed by atoms with van der Waals surface area (Å²) in [7, 11) is 0. The van der Waals surface area contributed by atoms with Crippen molar-refractivity contribution in [1.82, 2.24) is 0 Å². The average Bonchev–Trinajstić information content (AvgIpc) is 2.85. The Kier molecular flexibility index (Phi) is 6.52. The zero-order valence-electron chi connectivity index (χ0n) is 18.5. The third-order valence-electron chi connectivity index (χ3n) is 7.46. The zero-order valence-corrected chi connectivity index (χ0v) is 18.5. The van der Waals surface area contributed by atoms with Gasteiger partial charge in [-0.25, -0.2) is 0 Å². The third kappa shape index (κ3) is 4.31. The number of hydrogen-bond donors (Lipinski definition) is 0. The molecule has 0 bridgehead atoms. The van der Waals surface area contributed by atoms with Crippen LogP contribution in [0, 0.1) is 11.8 Å². The fourth-order valence-corrected chi connectivity index (χ4v) is 5.79. The number of carbonyl (C=O) groups is 2. The van der Waals surface area contributed by atoms with Crippen molar-refractivity contribution in [3.63, 3.8) is 0 Å². The van der Waals surface area contributed by atoms with Crippen LogP contribution in [0.2, 0.25) is 0 Å². The van der Waals surface area contributed by atoms with Gasteiger partial charge in [-0.2, -0.15) is 0 Å². The third-order valence-corrected chi connectivity index (χ3v) is 7.46. The second kappa shape index (κ2) is 9.68. The lowest BCUT2D eigenvalue weighted by Gasteiger charge is -2.48. The van der Waals surface area contributed by atoms with Gasteiger partial charge < -0.3 is 9.47 Å². The van der Waals surface area contributed by atoms with Gasteiger partial charge in [-0.3, -0.25) is 9.59 Å². The van der Waals surface area contributed by atoms with Crippen molar-refractivity contribution >= 4 is 11.6 Å². The van der Waals surface area contributed by atoms with Crippen LogP contribution in [0.3, 0.4) is 0 Å². The maximum Gasteiger partial charge on any atom is 0.138 e. The van der Waals surface area contributed by atoms with Gasteiger partial charge in [0.25, 0.3) is 0 Å². The van der Waals surface area contributed by atoms with E-state index in [0.29, 0.717) is 12.8 Å². The Labute approximate surface area is 190 Å². The number of Topliss-reactive ketones (excluding diaryl/α,β-unsaturated/α-hetero) is 2. The largest absolute Gasteiger partial charge is 0.364 e. The van der Waals surface area contributed by atoms with Gasteiger partial charge >= 0.3 is 0 Å². The molecule has 2 aliphatic carbocycles. The smallest absolute Gasteiger partial charge is 0.138 e. The van der Waals surface area contributed by atoms with Crippen LogP contribution in [0.1, 0.15) is 74.7 Å². The summed E-state index contributed by atoms with van der Waals surface area (Å²) in [6.07, 6.45) is 5.43. The minimum atomic E-state index is -0.375. The minimum absolute atomic E-state index is 0.189. The first-order valence-electron chi connectivity index (χ1n) is 12.2. The number of rotatable bonds is 4. The van der Waals surface area contributed by atoms with Crippen LogP contribution in [-0.4, -0.2) is 23.8 Å². The van der Waals surface area contributed by atoms with Crippen LogP contribution in [0.25, 0.3) is 0 Å². The van der Waals surface area contributed by atoms with Crippen molar-refractivity contribution in [2.75, 3.05) is 0 Å². The second-order valence-corrected chi connectivity index (χ2v) is 9.50. The highest BCUT2D eigenvalue weighted by atomic mass is 16.6. The molecule has 168 valence electrons. The molecule has 0 aromatic heterocycles. The fraction of sp³-hybridized carbons (Fsp3) is 0.500. The Hall–Kier alpha value is -2.30. The van der Waals surface area contributed by atoms with Gasteiger partial charge in [-0.1, -0.05) is 73.5 Å². The molecule has 0 N–H and O–H groups in total. The molecule has 2 unspecified atom stereocenters. The van der Waals surface area contributed by atoms with E-state index < -0.39 is 0 Å². The van der Waals surface area contributed by atoms with Gasteiger partial charge in [0.2, 0.25) is 0 Å². The minimum Gasteiger partial charge on any atom is -0.364 e. The summed E-state index contributed by atoms with van der Waals surface area (Å²) in [5, 5.41) is 0. The van der Waals surface area contributed by atoms with E-state index in [2.05, 4.69) is 24.3 Å². The van der Waals surface area contributed by atoms with Gasteiger partial charge in [0.05, 0.1) is 12.2 Å². The Bertz CT molecular complexity index is 847.